The van der Waals surface area contributed by atoms with Crippen LogP contribution in [0.2, 0.25) is 0 Å². The van der Waals surface area contributed by atoms with E-state index in [1.165, 1.54) is 12.1 Å². The van der Waals surface area contributed by atoms with Gasteiger partial charge in [-0.1, -0.05) is 30.3 Å². The smallest absolute Gasteiger partial charge is 0.252 e. The lowest BCUT2D eigenvalue weighted by Crippen LogP contribution is -2.35. The van der Waals surface area contributed by atoms with Crippen molar-refractivity contribution in [3.8, 4) is 11.1 Å². The van der Waals surface area contributed by atoms with Gasteiger partial charge in [-0.3, -0.25) is 14.6 Å². The van der Waals surface area contributed by atoms with Gasteiger partial charge in [-0.25, -0.2) is 9.37 Å². The van der Waals surface area contributed by atoms with E-state index < -0.39 is 11.4 Å². The SMILES string of the molecule is Cc1ccc(C(=O)NC2(c3ccc4ccncc4n3)CC2)cc1-c1ccc2oc(Cc3ccc(F)cc3)c(C(N)=O)c2c1. The van der Waals surface area contributed by atoms with Crippen LogP contribution in [-0.4, -0.2) is 21.8 Å². The van der Waals surface area contributed by atoms with E-state index in [9.17, 15) is 14.0 Å². The molecular weight excluding hydrogens is 543 g/mol. The topological polar surface area (TPSA) is 111 Å². The minimum atomic E-state index is -0.606. The molecule has 1 aliphatic rings. The predicted octanol–water partition coefficient (Wildman–Crippen LogP) is 6.60. The number of halogens is 1. The summed E-state index contributed by atoms with van der Waals surface area (Å²) in [5.74, 6) is -0.708. The number of carbonyl (C=O) groups excluding carboxylic acids is 2. The van der Waals surface area contributed by atoms with Crippen LogP contribution in [0.1, 0.15) is 56.1 Å². The summed E-state index contributed by atoms with van der Waals surface area (Å²) in [6.07, 6.45) is 5.38. The van der Waals surface area contributed by atoms with E-state index in [1.807, 2.05) is 55.5 Å². The number of nitrogens with two attached hydrogens (primary N) is 1. The Labute approximate surface area is 246 Å². The summed E-state index contributed by atoms with van der Waals surface area (Å²) in [6.45, 7) is 1.97. The molecule has 7 nitrogen and oxygen atoms in total. The van der Waals surface area contributed by atoms with Gasteiger partial charge in [0.15, 0.2) is 0 Å². The van der Waals surface area contributed by atoms with Crippen LogP contribution in [0, 0.1) is 12.7 Å². The molecule has 0 unspecified atom stereocenters. The van der Waals surface area contributed by atoms with E-state index in [2.05, 4.69) is 10.3 Å². The van der Waals surface area contributed by atoms with Gasteiger partial charge in [0.1, 0.15) is 17.2 Å². The Hall–Kier alpha value is -5.37. The number of rotatable bonds is 7. The van der Waals surface area contributed by atoms with Crippen molar-refractivity contribution in [1.29, 1.82) is 0 Å². The number of aryl methyl sites for hydroxylation is 1. The number of hydrogen-bond acceptors (Lipinski definition) is 5. The van der Waals surface area contributed by atoms with Crippen LogP contribution in [0.25, 0.3) is 33.0 Å². The summed E-state index contributed by atoms with van der Waals surface area (Å²) in [5, 5.41) is 4.81. The number of fused-ring (bicyclic) bond motifs is 2. The van der Waals surface area contributed by atoms with Gasteiger partial charge in [-0.05, 0) is 90.6 Å². The van der Waals surface area contributed by atoms with E-state index in [0.29, 0.717) is 34.3 Å². The molecular formula is C35H27FN4O3. The zero-order valence-electron chi connectivity index (χ0n) is 23.4. The van der Waals surface area contributed by atoms with E-state index in [-0.39, 0.29) is 11.7 Å². The number of furan rings is 1. The molecule has 7 rings (SSSR count). The molecule has 1 aliphatic carbocycles. The minimum Gasteiger partial charge on any atom is -0.460 e. The third-order valence-corrected chi connectivity index (χ3v) is 8.18. The quantitative estimate of drug-likeness (QED) is 0.225. The van der Waals surface area contributed by atoms with Crippen molar-refractivity contribution in [2.75, 3.05) is 0 Å². The minimum absolute atomic E-state index is 0.185. The highest BCUT2D eigenvalue weighted by Crippen LogP contribution is 2.45. The first-order valence-corrected chi connectivity index (χ1v) is 14.0. The number of nitrogens with one attached hydrogen (secondary N) is 1. The number of pyridine rings is 2. The van der Waals surface area contributed by atoms with Gasteiger partial charge in [0.05, 0.1) is 28.5 Å². The summed E-state index contributed by atoms with van der Waals surface area (Å²) in [5.41, 5.74) is 11.7. The summed E-state index contributed by atoms with van der Waals surface area (Å²) >= 11 is 0. The van der Waals surface area contributed by atoms with Gasteiger partial charge >= 0.3 is 0 Å². The molecule has 3 N–H and O–H groups in total. The fraction of sp³-hybridized carbons (Fsp3) is 0.143. The second-order valence-electron chi connectivity index (χ2n) is 11.1. The summed E-state index contributed by atoms with van der Waals surface area (Å²) < 4.78 is 19.4. The van der Waals surface area contributed by atoms with Crippen molar-refractivity contribution >= 4 is 33.7 Å². The Morgan fingerprint density at radius 1 is 1.00 bits per heavy atom. The van der Waals surface area contributed by atoms with Gasteiger partial charge < -0.3 is 15.5 Å². The van der Waals surface area contributed by atoms with Crippen LogP contribution in [-0.2, 0) is 12.0 Å². The highest BCUT2D eigenvalue weighted by atomic mass is 19.1. The lowest BCUT2D eigenvalue weighted by Gasteiger charge is -2.18. The van der Waals surface area contributed by atoms with Crippen LogP contribution >= 0.6 is 0 Å². The van der Waals surface area contributed by atoms with Crippen LogP contribution < -0.4 is 11.1 Å². The van der Waals surface area contributed by atoms with Crippen LogP contribution in [0.15, 0.2) is 95.7 Å². The van der Waals surface area contributed by atoms with Crippen molar-refractivity contribution in [2.45, 2.75) is 31.7 Å². The van der Waals surface area contributed by atoms with E-state index in [0.717, 1.165) is 51.7 Å². The number of primary amides is 1. The maximum Gasteiger partial charge on any atom is 0.252 e. The molecule has 0 radical (unpaired) electrons. The molecule has 3 aromatic heterocycles. The molecule has 212 valence electrons. The fourth-order valence-electron chi connectivity index (χ4n) is 5.67. The number of carbonyl (C=O) groups is 2. The Kier molecular flexibility index (Phi) is 6.27. The number of benzene rings is 3. The molecule has 6 aromatic rings. The van der Waals surface area contributed by atoms with Crippen molar-refractivity contribution in [3.05, 3.63) is 131 Å². The lowest BCUT2D eigenvalue weighted by molar-refractivity contribution is 0.0929. The molecule has 0 saturated heterocycles. The summed E-state index contributed by atoms with van der Waals surface area (Å²) in [7, 11) is 0. The second kappa shape index (κ2) is 10.2. The first-order chi connectivity index (χ1) is 20.8. The highest BCUT2D eigenvalue weighted by Gasteiger charge is 2.47. The number of nitrogens with zero attached hydrogens (tertiary/aromatic N) is 2. The summed E-state index contributed by atoms with van der Waals surface area (Å²) in [4.78, 5) is 35.1. The lowest BCUT2D eigenvalue weighted by atomic mass is 9.95. The third kappa shape index (κ3) is 4.91. The van der Waals surface area contributed by atoms with E-state index >= 15 is 0 Å². The number of aromatic nitrogens is 2. The first kappa shape index (κ1) is 26.5. The molecule has 0 atom stereocenters. The normalized spacial score (nSPS) is 13.7. The van der Waals surface area contributed by atoms with Gasteiger partial charge in [-0.15, -0.1) is 0 Å². The molecule has 1 fully saturated rings. The molecule has 3 heterocycles. The molecule has 43 heavy (non-hydrogen) atoms. The van der Waals surface area contributed by atoms with Gasteiger partial charge in [0.2, 0.25) is 0 Å². The Bertz CT molecular complexity index is 2060. The monoisotopic (exact) mass is 570 g/mol. The van der Waals surface area contributed by atoms with Crippen molar-refractivity contribution in [1.82, 2.24) is 15.3 Å². The average molecular weight is 571 g/mol. The molecule has 3 aromatic carbocycles. The van der Waals surface area contributed by atoms with Crippen molar-refractivity contribution in [2.24, 2.45) is 5.73 Å². The van der Waals surface area contributed by atoms with Crippen LogP contribution in [0.4, 0.5) is 4.39 Å². The zero-order chi connectivity index (χ0) is 29.7. The largest absolute Gasteiger partial charge is 0.460 e. The van der Waals surface area contributed by atoms with Crippen LogP contribution in [0.5, 0.6) is 0 Å². The second-order valence-corrected chi connectivity index (χ2v) is 11.1. The average Bonchev–Trinajstić information content (AvgIpc) is 3.70. The first-order valence-electron chi connectivity index (χ1n) is 14.0. The molecule has 0 spiro atoms. The standard InChI is InChI=1S/C35H27FN4O3/c1-20-2-5-24(34(42)40-35(13-14-35)31-11-7-22-12-15-38-19-28(22)39-31)18-26(20)23-6-10-29-27(17-23)32(33(37)41)30(43-29)16-21-3-8-25(36)9-4-21/h2-12,15,17-19H,13-14,16H2,1H3,(H2,37,41)(H,40,42). The van der Waals surface area contributed by atoms with Crippen LogP contribution in [0.3, 0.4) is 0 Å². The van der Waals surface area contributed by atoms with E-state index in [4.69, 9.17) is 15.1 Å². The van der Waals surface area contributed by atoms with Gasteiger partial charge in [0, 0.05) is 29.0 Å². The Balaban J connectivity index is 1.20. The molecule has 1 saturated carbocycles. The maximum absolute atomic E-state index is 13.5. The van der Waals surface area contributed by atoms with Gasteiger partial charge in [0.25, 0.3) is 11.8 Å². The van der Waals surface area contributed by atoms with Gasteiger partial charge in [-0.2, -0.15) is 0 Å². The number of amides is 2. The third-order valence-electron chi connectivity index (χ3n) is 8.18. The maximum atomic E-state index is 13.5. The van der Waals surface area contributed by atoms with Crippen molar-refractivity contribution < 1.29 is 18.4 Å². The molecule has 0 aliphatic heterocycles. The molecule has 2 amide bonds. The van der Waals surface area contributed by atoms with E-state index in [1.54, 1.807) is 30.6 Å². The highest BCUT2D eigenvalue weighted by molar-refractivity contribution is 6.07. The summed E-state index contributed by atoms with van der Waals surface area (Å²) in [6, 6.07) is 23.1. The predicted molar refractivity (Wildman–Crippen MR) is 162 cm³/mol. The fourth-order valence-corrected chi connectivity index (χ4v) is 5.67. The zero-order valence-corrected chi connectivity index (χ0v) is 23.4. The molecule has 0 bridgehead atoms. The number of hydrogen-bond donors (Lipinski definition) is 2. The Morgan fingerprint density at radius 3 is 2.58 bits per heavy atom. The Morgan fingerprint density at radius 2 is 1.81 bits per heavy atom. The van der Waals surface area contributed by atoms with Crippen molar-refractivity contribution in [3.63, 3.8) is 0 Å². The molecule has 8 heteroatoms.